The first-order valence-corrected chi connectivity index (χ1v) is 4.80. The highest BCUT2D eigenvalue weighted by atomic mass is 16.7. The molecule has 82 valence electrons. The number of para-hydroxylation sites is 1. The molecule has 0 aliphatic rings. The molecule has 0 fully saturated rings. The predicted octanol–water partition coefficient (Wildman–Crippen LogP) is 1.90. The van der Waals surface area contributed by atoms with Gasteiger partial charge in [0, 0.05) is 0 Å². The fourth-order valence-electron chi connectivity index (χ4n) is 1.00. The first-order valence-electron chi connectivity index (χ1n) is 4.80. The van der Waals surface area contributed by atoms with Gasteiger partial charge in [0.15, 0.2) is 0 Å². The lowest BCUT2D eigenvalue weighted by molar-refractivity contribution is -0.171. The zero-order chi connectivity index (χ0) is 11.1. The summed E-state index contributed by atoms with van der Waals surface area (Å²) in [5.74, 6) is -0.631. The van der Waals surface area contributed by atoms with Gasteiger partial charge in [-0.05, 0) is 18.6 Å². The largest absolute Gasteiger partial charge is 0.477 e. The minimum atomic E-state index is -1.23. The molecule has 0 bridgehead atoms. The Labute approximate surface area is 88.4 Å². The summed E-state index contributed by atoms with van der Waals surface area (Å²) in [7, 11) is 0. The molecule has 0 aromatic heterocycles. The SMILES string of the molecule is CCCOC(Oc1ccccc1)C(=O)O. The molecule has 4 nitrogen and oxygen atoms in total. The van der Waals surface area contributed by atoms with Crippen molar-refractivity contribution in [3.05, 3.63) is 30.3 Å². The number of benzene rings is 1. The maximum absolute atomic E-state index is 10.8. The van der Waals surface area contributed by atoms with E-state index in [1.54, 1.807) is 24.3 Å². The summed E-state index contributed by atoms with van der Waals surface area (Å²) in [6.45, 7) is 2.27. The molecule has 1 N–H and O–H groups in total. The molecule has 1 atom stereocenters. The number of hydrogen-bond donors (Lipinski definition) is 1. The Balaban J connectivity index is 2.55. The first-order chi connectivity index (χ1) is 7.24. The summed E-state index contributed by atoms with van der Waals surface area (Å²) in [5.41, 5.74) is 0. The van der Waals surface area contributed by atoms with E-state index in [4.69, 9.17) is 14.6 Å². The third kappa shape index (κ3) is 3.99. The number of ether oxygens (including phenoxy) is 2. The van der Waals surface area contributed by atoms with E-state index in [0.717, 1.165) is 6.42 Å². The van der Waals surface area contributed by atoms with Crippen molar-refractivity contribution in [2.45, 2.75) is 19.6 Å². The molecule has 1 rings (SSSR count). The number of carbonyl (C=O) groups is 1. The van der Waals surface area contributed by atoms with Crippen LogP contribution in [-0.2, 0) is 9.53 Å². The van der Waals surface area contributed by atoms with Gasteiger partial charge in [-0.15, -0.1) is 0 Å². The van der Waals surface area contributed by atoms with Gasteiger partial charge in [-0.3, -0.25) is 0 Å². The van der Waals surface area contributed by atoms with E-state index in [-0.39, 0.29) is 0 Å². The molecule has 0 saturated carbocycles. The monoisotopic (exact) mass is 210 g/mol. The Morgan fingerprint density at radius 1 is 1.40 bits per heavy atom. The molecule has 4 heteroatoms. The van der Waals surface area contributed by atoms with Crippen molar-refractivity contribution < 1.29 is 19.4 Å². The van der Waals surface area contributed by atoms with Crippen LogP contribution in [0.4, 0.5) is 0 Å². The molecule has 0 saturated heterocycles. The van der Waals surface area contributed by atoms with Crippen molar-refractivity contribution >= 4 is 5.97 Å². The highest BCUT2D eigenvalue weighted by Gasteiger charge is 2.19. The molecule has 0 heterocycles. The quantitative estimate of drug-likeness (QED) is 0.728. The standard InChI is InChI=1S/C11H14O4/c1-2-8-14-11(10(12)13)15-9-6-4-3-5-7-9/h3-7,11H,2,8H2,1H3,(H,12,13). The van der Waals surface area contributed by atoms with E-state index >= 15 is 0 Å². The van der Waals surface area contributed by atoms with Gasteiger partial charge in [-0.2, -0.15) is 0 Å². The predicted molar refractivity (Wildman–Crippen MR) is 54.7 cm³/mol. The number of rotatable bonds is 6. The van der Waals surface area contributed by atoms with E-state index in [1.807, 2.05) is 13.0 Å². The van der Waals surface area contributed by atoms with Gasteiger partial charge in [-0.25, -0.2) is 4.79 Å². The summed E-state index contributed by atoms with van der Waals surface area (Å²) in [5, 5.41) is 8.81. The van der Waals surface area contributed by atoms with Gasteiger partial charge in [0.1, 0.15) is 5.75 Å². The Morgan fingerprint density at radius 3 is 2.60 bits per heavy atom. The number of aliphatic carboxylic acids is 1. The number of carboxylic acid groups (broad SMARTS) is 1. The second-order valence-electron chi connectivity index (χ2n) is 2.97. The van der Waals surface area contributed by atoms with Crippen LogP contribution in [-0.4, -0.2) is 24.0 Å². The highest BCUT2D eigenvalue weighted by Crippen LogP contribution is 2.11. The van der Waals surface area contributed by atoms with Crippen molar-refractivity contribution in [2.24, 2.45) is 0 Å². The second kappa shape index (κ2) is 6.03. The van der Waals surface area contributed by atoms with Gasteiger partial charge >= 0.3 is 5.97 Å². The number of hydrogen-bond acceptors (Lipinski definition) is 3. The van der Waals surface area contributed by atoms with Crippen molar-refractivity contribution in [1.82, 2.24) is 0 Å². The molecule has 0 amide bonds. The zero-order valence-electron chi connectivity index (χ0n) is 8.55. The van der Waals surface area contributed by atoms with E-state index in [9.17, 15) is 4.79 Å². The molecule has 15 heavy (non-hydrogen) atoms. The van der Waals surface area contributed by atoms with E-state index in [2.05, 4.69) is 0 Å². The smallest absolute Gasteiger partial charge is 0.373 e. The molecular weight excluding hydrogens is 196 g/mol. The molecule has 1 aromatic rings. The summed E-state index contributed by atoms with van der Waals surface area (Å²) >= 11 is 0. The molecule has 0 spiro atoms. The molecule has 0 aliphatic carbocycles. The van der Waals surface area contributed by atoms with Crippen molar-refractivity contribution in [3.63, 3.8) is 0 Å². The zero-order valence-corrected chi connectivity index (χ0v) is 8.55. The summed E-state index contributed by atoms with van der Waals surface area (Å²) in [6.07, 6.45) is -0.477. The number of carboxylic acids is 1. The lowest BCUT2D eigenvalue weighted by atomic mass is 10.3. The van der Waals surface area contributed by atoms with Gasteiger partial charge in [-0.1, -0.05) is 25.1 Å². The van der Waals surface area contributed by atoms with Gasteiger partial charge < -0.3 is 14.6 Å². The highest BCUT2D eigenvalue weighted by molar-refractivity contribution is 5.71. The first kappa shape index (κ1) is 11.5. The van der Waals surface area contributed by atoms with Crippen LogP contribution in [0.15, 0.2) is 30.3 Å². The molecular formula is C11H14O4. The molecule has 0 aliphatic heterocycles. The van der Waals surface area contributed by atoms with Crippen LogP contribution in [0.3, 0.4) is 0 Å². The molecule has 1 aromatic carbocycles. The van der Waals surface area contributed by atoms with Crippen LogP contribution in [0.2, 0.25) is 0 Å². The lowest BCUT2D eigenvalue weighted by Gasteiger charge is -2.14. The van der Waals surface area contributed by atoms with Crippen LogP contribution in [0.1, 0.15) is 13.3 Å². The van der Waals surface area contributed by atoms with Crippen LogP contribution in [0.5, 0.6) is 5.75 Å². The third-order valence-corrected chi connectivity index (χ3v) is 1.66. The Hall–Kier alpha value is -1.55. The minimum absolute atomic E-state index is 0.365. The summed E-state index contributed by atoms with van der Waals surface area (Å²) in [6, 6.07) is 8.74. The van der Waals surface area contributed by atoms with Gasteiger partial charge in [0.05, 0.1) is 6.61 Å². The molecule has 1 unspecified atom stereocenters. The van der Waals surface area contributed by atoms with Crippen LogP contribution in [0, 0.1) is 0 Å². The van der Waals surface area contributed by atoms with E-state index in [1.165, 1.54) is 0 Å². The fourth-order valence-corrected chi connectivity index (χ4v) is 1.00. The van der Waals surface area contributed by atoms with Gasteiger partial charge in [0.25, 0.3) is 6.29 Å². The van der Waals surface area contributed by atoms with E-state index in [0.29, 0.717) is 12.4 Å². The van der Waals surface area contributed by atoms with Crippen LogP contribution in [0.25, 0.3) is 0 Å². The topological polar surface area (TPSA) is 55.8 Å². The summed E-state index contributed by atoms with van der Waals surface area (Å²) < 4.78 is 10.2. The maximum Gasteiger partial charge on any atom is 0.373 e. The Kier molecular flexibility index (Phi) is 4.63. The minimum Gasteiger partial charge on any atom is -0.477 e. The normalized spacial score (nSPS) is 12.1. The average Bonchev–Trinajstić information content (AvgIpc) is 2.25. The molecule has 0 radical (unpaired) electrons. The van der Waals surface area contributed by atoms with Crippen molar-refractivity contribution in [2.75, 3.05) is 6.61 Å². The van der Waals surface area contributed by atoms with Crippen LogP contribution < -0.4 is 4.74 Å². The van der Waals surface area contributed by atoms with Gasteiger partial charge in [0.2, 0.25) is 0 Å². The Bertz CT molecular complexity index is 297. The lowest BCUT2D eigenvalue weighted by Crippen LogP contribution is -2.30. The average molecular weight is 210 g/mol. The summed E-state index contributed by atoms with van der Waals surface area (Å²) in [4.78, 5) is 10.8. The fraction of sp³-hybridized carbons (Fsp3) is 0.364. The Morgan fingerprint density at radius 2 is 2.07 bits per heavy atom. The second-order valence-corrected chi connectivity index (χ2v) is 2.97. The van der Waals surface area contributed by atoms with Crippen LogP contribution >= 0.6 is 0 Å². The third-order valence-electron chi connectivity index (χ3n) is 1.66. The van der Waals surface area contributed by atoms with E-state index < -0.39 is 12.3 Å². The van der Waals surface area contributed by atoms with Crippen molar-refractivity contribution in [1.29, 1.82) is 0 Å². The van der Waals surface area contributed by atoms with Crippen molar-refractivity contribution in [3.8, 4) is 5.75 Å². The maximum atomic E-state index is 10.8.